The summed E-state index contributed by atoms with van der Waals surface area (Å²) in [6.45, 7) is 11.4. The van der Waals surface area contributed by atoms with E-state index in [1.54, 1.807) is 0 Å². The molecule has 0 aliphatic carbocycles. The Balaban J connectivity index is 4.48. The highest BCUT2D eigenvalue weighted by Crippen LogP contribution is 2.22. The smallest absolute Gasteiger partial charge is 0.305 e. The van der Waals surface area contributed by atoms with Gasteiger partial charge in [-0.1, -0.05) is 169 Å². The summed E-state index contributed by atoms with van der Waals surface area (Å²) in [6, 6.07) is 0.470. The lowest BCUT2D eigenvalue weighted by Crippen LogP contribution is -2.33. The molecule has 0 radical (unpaired) electrons. The minimum absolute atomic E-state index is 0.0175. The largest absolute Gasteiger partial charge is 0.465 e. The first-order valence-corrected chi connectivity index (χ1v) is 23.5. The Morgan fingerprint density at radius 1 is 0.453 bits per heavy atom. The molecule has 0 heterocycles. The fraction of sp³-hybridized carbons (Fsp3) is 0.957. The lowest BCUT2D eigenvalue weighted by molar-refractivity contribution is -0.146. The molecule has 0 aliphatic rings. The summed E-state index contributed by atoms with van der Waals surface area (Å²) in [6.07, 6.45) is 38.1. The Bertz CT molecular complexity index is 764. The van der Waals surface area contributed by atoms with E-state index in [-0.39, 0.29) is 18.5 Å². The normalized spacial score (nSPS) is 12.8. The van der Waals surface area contributed by atoms with Crippen LogP contribution in [0.15, 0.2) is 0 Å². The molecule has 0 saturated carbocycles. The van der Waals surface area contributed by atoms with Crippen LogP contribution >= 0.6 is 0 Å². The zero-order valence-corrected chi connectivity index (χ0v) is 36.4. The molecular formula is C47H93NO5. The fourth-order valence-electron chi connectivity index (χ4n) is 7.72. The van der Waals surface area contributed by atoms with Crippen molar-refractivity contribution in [3.05, 3.63) is 0 Å². The number of carbonyl (C=O) groups excluding carboxylic acids is 2. The molecule has 2 unspecified atom stereocenters. The van der Waals surface area contributed by atoms with Crippen molar-refractivity contribution in [2.24, 2.45) is 11.8 Å². The summed E-state index contributed by atoms with van der Waals surface area (Å²) in [5.74, 6) is 1.000. The maximum Gasteiger partial charge on any atom is 0.305 e. The zero-order valence-electron chi connectivity index (χ0n) is 36.4. The summed E-state index contributed by atoms with van der Waals surface area (Å²) >= 11 is 0. The van der Waals surface area contributed by atoms with Gasteiger partial charge in [-0.15, -0.1) is 0 Å². The van der Waals surface area contributed by atoms with Crippen molar-refractivity contribution < 1.29 is 24.2 Å². The molecule has 6 heteroatoms. The van der Waals surface area contributed by atoms with Gasteiger partial charge in [0.2, 0.25) is 0 Å². The van der Waals surface area contributed by atoms with Crippen molar-refractivity contribution in [2.45, 2.75) is 246 Å². The SMILES string of the molecule is CCCCCCCCC(CCCCCC)COC(=O)CCCCCC(CCCCCC(=O)OCC(CCCCCC)CCCCCC)N(C)CCCO. The summed E-state index contributed by atoms with van der Waals surface area (Å²) in [7, 11) is 2.18. The van der Waals surface area contributed by atoms with Crippen molar-refractivity contribution in [1.82, 2.24) is 4.90 Å². The summed E-state index contributed by atoms with van der Waals surface area (Å²) < 4.78 is 11.6. The first-order chi connectivity index (χ1) is 25.9. The third-order valence-electron chi connectivity index (χ3n) is 11.5. The number of ether oxygens (including phenoxy) is 2. The van der Waals surface area contributed by atoms with E-state index in [1.165, 1.54) is 141 Å². The van der Waals surface area contributed by atoms with E-state index < -0.39 is 0 Å². The standard InChI is InChI=1S/C47H93NO5/c1-6-10-14-18-19-25-34-44(33-24-17-13-9-4)42-53-47(51)38-29-21-27-36-45(48(5)39-30-40-49)35-26-20-28-37-46(50)52-41-43(31-22-15-11-7-2)32-23-16-12-8-3/h43-45,49H,6-42H2,1-5H3. The highest BCUT2D eigenvalue weighted by molar-refractivity contribution is 5.69. The molecule has 316 valence electrons. The molecule has 0 spiro atoms. The molecule has 1 N–H and O–H groups in total. The number of nitrogens with zero attached hydrogens (tertiary/aromatic N) is 1. The number of hydrogen-bond donors (Lipinski definition) is 1. The fourth-order valence-corrected chi connectivity index (χ4v) is 7.72. The van der Waals surface area contributed by atoms with Crippen LogP contribution in [0.5, 0.6) is 0 Å². The highest BCUT2D eigenvalue weighted by atomic mass is 16.5. The van der Waals surface area contributed by atoms with E-state index in [0.717, 1.165) is 64.3 Å². The third-order valence-corrected chi connectivity index (χ3v) is 11.5. The molecule has 53 heavy (non-hydrogen) atoms. The molecule has 0 aromatic carbocycles. The first kappa shape index (κ1) is 51.9. The number of unbranched alkanes of at least 4 members (excludes halogenated alkanes) is 18. The number of carbonyl (C=O) groups is 2. The van der Waals surface area contributed by atoms with E-state index in [4.69, 9.17) is 9.47 Å². The first-order valence-electron chi connectivity index (χ1n) is 23.5. The van der Waals surface area contributed by atoms with Crippen LogP contribution in [0.1, 0.15) is 240 Å². The van der Waals surface area contributed by atoms with Crippen molar-refractivity contribution >= 4 is 11.9 Å². The third kappa shape index (κ3) is 35.0. The van der Waals surface area contributed by atoms with E-state index in [9.17, 15) is 14.7 Å². The van der Waals surface area contributed by atoms with Crippen molar-refractivity contribution in [3.8, 4) is 0 Å². The number of rotatable bonds is 42. The minimum Gasteiger partial charge on any atom is -0.465 e. The van der Waals surface area contributed by atoms with Gasteiger partial charge in [0.1, 0.15) is 0 Å². The summed E-state index contributed by atoms with van der Waals surface area (Å²) in [5, 5.41) is 9.41. The van der Waals surface area contributed by atoms with Gasteiger partial charge in [0.15, 0.2) is 0 Å². The van der Waals surface area contributed by atoms with Gasteiger partial charge in [-0.25, -0.2) is 0 Å². The zero-order chi connectivity index (χ0) is 39.0. The average molecular weight is 752 g/mol. The van der Waals surface area contributed by atoms with E-state index >= 15 is 0 Å². The second kappa shape index (κ2) is 40.5. The van der Waals surface area contributed by atoms with Crippen molar-refractivity contribution in [1.29, 1.82) is 0 Å². The van der Waals surface area contributed by atoms with Crippen LogP contribution < -0.4 is 0 Å². The van der Waals surface area contributed by atoms with Gasteiger partial charge in [0, 0.05) is 32.0 Å². The van der Waals surface area contributed by atoms with Crippen LogP contribution in [0.4, 0.5) is 0 Å². The molecule has 0 amide bonds. The summed E-state index contributed by atoms with van der Waals surface area (Å²) in [5.41, 5.74) is 0. The maximum absolute atomic E-state index is 12.7. The van der Waals surface area contributed by atoms with Gasteiger partial charge in [-0.05, 0) is 76.7 Å². The monoisotopic (exact) mass is 752 g/mol. The number of aliphatic hydroxyl groups excluding tert-OH is 1. The topological polar surface area (TPSA) is 76.1 Å². The molecule has 0 saturated heterocycles. The quantitative estimate of drug-likeness (QED) is 0.0494. The Morgan fingerprint density at radius 2 is 0.774 bits per heavy atom. The van der Waals surface area contributed by atoms with Gasteiger partial charge in [0.25, 0.3) is 0 Å². The van der Waals surface area contributed by atoms with Crippen LogP contribution in [0, 0.1) is 11.8 Å². The van der Waals surface area contributed by atoms with Crippen molar-refractivity contribution in [3.63, 3.8) is 0 Å². The van der Waals surface area contributed by atoms with E-state index in [1.807, 2.05) is 0 Å². The van der Waals surface area contributed by atoms with Crippen LogP contribution in [0.25, 0.3) is 0 Å². The molecular weight excluding hydrogens is 659 g/mol. The molecule has 0 fully saturated rings. The summed E-state index contributed by atoms with van der Waals surface area (Å²) in [4.78, 5) is 27.7. The highest BCUT2D eigenvalue weighted by Gasteiger charge is 2.16. The number of esters is 2. The van der Waals surface area contributed by atoms with Crippen LogP contribution in [-0.2, 0) is 19.1 Å². The predicted molar refractivity (Wildman–Crippen MR) is 227 cm³/mol. The Labute approximate surface area is 331 Å². The van der Waals surface area contributed by atoms with Crippen LogP contribution in [0.3, 0.4) is 0 Å². The average Bonchev–Trinajstić information content (AvgIpc) is 3.16. The van der Waals surface area contributed by atoms with Gasteiger partial charge in [0.05, 0.1) is 13.2 Å². The molecule has 6 nitrogen and oxygen atoms in total. The second-order valence-electron chi connectivity index (χ2n) is 16.6. The Morgan fingerprint density at radius 3 is 1.15 bits per heavy atom. The Hall–Kier alpha value is -1.14. The molecule has 0 aromatic rings. The maximum atomic E-state index is 12.7. The van der Waals surface area contributed by atoms with Gasteiger partial charge in [-0.3, -0.25) is 9.59 Å². The molecule has 0 rings (SSSR count). The van der Waals surface area contributed by atoms with Crippen molar-refractivity contribution in [2.75, 3.05) is 33.4 Å². The second-order valence-corrected chi connectivity index (χ2v) is 16.6. The molecule has 0 bridgehead atoms. The molecule has 2 atom stereocenters. The van der Waals surface area contributed by atoms with Gasteiger partial charge >= 0.3 is 11.9 Å². The lowest BCUT2D eigenvalue weighted by Gasteiger charge is -2.28. The predicted octanol–water partition coefficient (Wildman–Crippen LogP) is 13.6. The lowest BCUT2D eigenvalue weighted by atomic mass is 9.95. The van der Waals surface area contributed by atoms with Gasteiger partial charge < -0.3 is 19.5 Å². The number of hydrogen-bond acceptors (Lipinski definition) is 6. The van der Waals surface area contributed by atoms with E-state index in [2.05, 4.69) is 39.6 Å². The van der Waals surface area contributed by atoms with Gasteiger partial charge in [-0.2, -0.15) is 0 Å². The Kier molecular flexibility index (Phi) is 39.6. The molecule has 0 aromatic heterocycles. The van der Waals surface area contributed by atoms with Crippen LogP contribution in [0.2, 0.25) is 0 Å². The minimum atomic E-state index is -0.0208. The number of aliphatic hydroxyl groups is 1. The van der Waals surface area contributed by atoms with Crippen LogP contribution in [-0.4, -0.2) is 61.4 Å². The molecule has 0 aliphatic heterocycles. The van der Waals surface area contributed by atoms with E-state index in [0.29, 0.717) is 43.9 Å².